The lowest BCUT2D eigenvalue weighted by Gasteiger charge is -2.30. The predicted molar refractivity (Wildman–Crippen MR) is 342 cm³/mol. The first kappa shape index (κ1) is 67.5. The van der Waals surface area contributed by atoms with Crippen molar-refractivity contribution in [3.63, 3.8) is 0 Å². The van der Waals surface area contributed by atoms with Crippen molar-refractivity contribution in [1.82, 2.24) is 9.80 Å². The molecule has 2 aliphatic heterocycles. The summed E-state index contributed by atoms with van der Waals surface area (Å²) in [5.41, 5.74) is 5.14. The number of carboxylic acids is 1. The van der Waals surface area contributed by atoms with Crippen LogP contribution < -0.4 is 0 Å². The van der Waals surface area contributed by atoms with Crippen LogP contribution in [0.1, 0.15) is 115 Å². The lowest BCUT2D eigenvalue weighted by Crippen LogP contribution is -2.36. The van der Waals surface area contributed by atoms with Gasteiger partial charge >= 0.3 is 17.9 Å². The summed E-state index contributed by atoms with van der Waals surface area (Å²) in [7, 11) is -7.03. The van der Waals surface area contributed by atoms with Crippen molar-refractivity contribution in [3.05, 3.63) is 197 Å². The number of rotatable bonds is 18. The van der Waals surface area contributed by atoms with Crippen LogP contribution in [-0.4, -0.2) is 105 Å². The van der Waals surface area contributed by atoms with Gasteiger partial charge in [-0.2, -0.15) is 0 Å². The van der Waals surface area contributed by atoms with E-state index in [0.717, 1.165) is 23.3 Å². The molecular weight excluding hydrogens is 1290 g/mol. The van der Waals surface area contributed by atoms with E-state index in [-0.39, 0.29) is 91.6 Å². The Morgan fingerprint density at radius 2 is 1.01 bits per heavy atom. The smallest absolute Gasteiger partial charge is 0.314 e. The van der Waals surface area contributed by atoms with Gasteiger partial charge in [-0.15, -0.1) is 0 Å². The monoisotopic (exact) mass is 1350 g/mol. The van der Waals surface area contributed by atoms with Gasteiger partial charge in [0.15, 0.2) is 31.2 Å². The summed E-state index contributed by atoms with van der Waals surface area (Å²) in [6, 6.07) is 29.4. The average molecular weight is 1360 g/mol. The Morgan fingerprint density at radius 3 is 1.43 bits per heavy atom. The normalized spacial score (nSPS) is 14.3. The van der Waals surface area contributed by atoms with Crippen LogP contribution in [0, 0.1) is 17.3 Å². The van der Waals surface area contributed by atoms with Gasteiger partial charge in [-0.3, -0.25) is 33.6 Å². The van der Waals surface area contributed by atoms with E-state index in [1.807, 2.05) is 24.3 Å². The maximum absolute atomic E-state index is 13.9. The van der Waals surface area contributed by atoms with Gasteiger partial charge in [0.1, 0.15) is 11.2 Å². The molecule has 0 saturated carbocycles. The van der Waals surface area contributed by atoms with E-state index in [0.29, 0.717) is 81.6 Å². The molecule has 24 heteroatoms. The van der Waals surface area contributed by atoms with E-state index in [9.17, 15) is 55.5 Å². The molecule has 0 radical (unpaired) electrons. The van der Waals surface area contributed by atoms with Crippen LogP contribution in [-0.2, 0) is 82.3 Å². The number of carbonyl (C=O) groups excluding carboxylic acids is 6. The molecule has 1 N–H and O–H groups in total. The molecule has 0 saturated heterocycles. The maximum atomic E-state index is 13.9. The van der Waals surface area contributed by atoms with E-state index < -0.39 is 72.7 Å². The number of hydrogen-bond donors (Lipinski definition) is 1. The molecule has 476 valence electrons. The second-order valence-corrected chi connectivity index (χ2v) is 29.2. The fraction of sp³-hybridized carbons (Fsp3) is 0.299. The number of ether oxygens (including phenoxy) is 2. The zero-order valence-corrected chi connectivity index (χ0v) is 54.8. The van der Waals surface area contributed by atoms with Crippen molar-refractivity contribution in [2.45, 2.75) is 95.4 Å². The Hall–Kier alpha value is -7.85. The number of sulfone groups is 2. The number of fused-ring (bicyclic) bond motifs is 4. The van der Waals surface area contributed by atoms with Crippen molar-refractivity contribution in [1.29, 1.82) is 0 Å². The van der Waals surface area contributed by atoms with Crippen LogP contribution in [0.15, 0.2) is 140 Å². The van der Waals surface area contributed by atoms with Gasteiger partial charge < -0.3 is 33.2 Å². The summed E-state index contributed by atoms with van der Waals surface area (Å²) in [4.78, 5) is 95.3. The highest BCUT2D eigenvalue weighted by Crippen LogP contribution is 2.39. The fourth-order valence-corrected chi connectivity index (χ4v) is 13.8. The van der Waals surface area contributed by atoms with Crippen LogP contribution in [0.2, 0.25) is 20.1 Å². The number of nitrogens with zero attached hydrogens (tertiary/aromatic N) is 2. The highest BCUT2D eigenvalue weighted by Gasteiger charge is 2.35. The molecule has 3 atom stereocenters. The standard InChI is InChI=1S/C37H37Cl2NO9S.C30H25Cl2NO7S/c1-21(49-36(44)37(2,3)4)48-35(43)25(15-22-7-6-8-27(16-22)50(5,45)46)18-30(41)32-29(38)17-26-20-40(13-11-28(26)33(32)39)34(42)24-10-9-23-12-14-47-31(23)19-24;1-41(38,39)22-4-2-3-17(12-22)11-20(30(36)37)14-25(34)27-24(31)13-21-16-33(9-7-23(21)28(27)32)29(35)19-6-5-18-8-10-40-26(18)15-19/h6-10,12,14,16-17,19,21,25H,11,13,15,18,20H2,1-5H3;2-6,8,10,12-13,15,20H,7,9,11,14,16H2,1H3,(H,36,37)/t21?,25-;20-/m11/s1. The summed E-state index contributed by atoms with van der Waals surface area (Å²) in [6.45, 7) is 7.53. The Bertz CT molecular complexity index is 4470. The van der Waals surface area contributed by atoms with Crippen LogP contribution in [0.5, 0.6) is 0 Å². The maximum Gasteiger partial charge on any atom is 0.314 e. The van der Waals surface area contributed by atoms with Crippen LogP contribution in [0.4, 0.5) is 0 Å². The molecule has 2 aromatic heterocycles. The molecule has 0 spiro atoms. The Labute approximate surface area is 545 Å². The number of aliphatic carboxylic acids is 1. The van der Waals surface area contributed by atoms with Crippen LogP contribution in [0.3, 0.4) is 0 Å². The molecule has 18 nitrogen and oxygen atoms in total. The second kappa shape index (κ2) is 27.5. The lowest BCUT2D eigenvalue weighted by atomic mass is 9.89. The van der Waals surface area contributed by atoms with Gasteiger partial charge in [-0.05, 0) is 153 Å². The molecule has 6 aromatic carbocycles. The second-order valence-electron chi connectivity index (χ2n) is 23.6. The van der Waals surface area contributed by atoms with Crippen LogP contribution >= 0.6 is 46.4 Å². The van der Waals surface area contributed by atoms with Gasteiger partial charge in [0.05, 0.1) is 70.8 Å². The molecule has 0 aliphatic carbocycles. The van der Waals surface area contributed by atoms with Gasteiger partial charge in [-0.1, -0.05) is 82.8 Å². The van der Waals surface area contributed by atoms with E-state index in [2.05, 4.69) is 0 Å². The summed E-state index contributed by atoms with van der Waals surface area (Å²) >= 11 is 26.7. The third-order valence-corrected chi connectivity index (χ3v) is 19.3. The highest BCUT2D eigenvalue weighted by molar-refractivity contribution is 7.91. The number of Topliss-reactive ketones (excluding diaryl/α,β-unsaturated/α-hetero) is 2. The average Bonchev–Trinajstić information content (AvgIpc) is 1.18. The lowest BCUT2D eigenvalue weighted by molar-refractivity contribution is -0.193. The van der Waals surface area contributed by atoms with Gasteiger partial charge in [0.2, 0.25) is 6.29 Å². The first-order valence-electron chi connectivity index (χ1n) is 28.7. The van der Waals surface area contributed by atoms with Crippen molar-refractivity contribution in [3.8, 4) is 0 Å². The molecule has 10 rings (SSSR count). The highest BCUT2D eigenvalue weighted by atomic mass is 35.5. The van der Waals surface area contributed by atoms with E-state index in [1.54, 1.807) is 97.7 Å². The molecule has 91 heavy (non-hydrogen) atoms. The Morgan fingerprint density at radius 1 is 0.582 bits per heavy atom. The summed E-state index contributed by atoms with van der Waals surface area (Å²) in [6.07, 6.45) is 3.89. The van der Waals surface area contributed by atoms with Crippen molar-refractivity contribution < 1.29 is 73.8 Å². The number of amides is 2. The van der Waals surface area contributed by atoms with E-state index >= 15 is 0 Å². The summed E-state index contributed by atoms with van der Waals surface area (Å²) in [5.74, 6) is -6.28. The first-order chi connectivity index (χ1) is 42.8. The first-order valence-corrected chi connectivity index (χ1v) is 33.9. The van der Waals surface area contributed by atoms with Crippen molar-refractivity contribution in [2.24, 2.45) is 17.3 Å². The van der Waals surface area contributed by atoms with E-state index in [4.69, 9.17) is 64.7 Å². The third kappa shape index (κ3) is 15.9. The number of furan rings is 2. The summed E-state index contributed by atoms with van der Waals surface area (Å²) < 4.78 is 69.8. The minimum Gasteiger partial charge on any atom is -0.481 e. The molecule has 2 amide bonds. The fourth-order valence-electron chi connectivity index (χ4n) is 10.8. The minimum absolute atomic E-state index is 0.0324. The number of esters is 2. The molecule has 0 fully saturated rings. The van der Waals surface area contributed by atoms with Gasteiger partial charge in [-0.25, -0.2) is 16.8 Å². The quantitative estimate of drug-likeness (QED) is 0.0476. The molecule has 8 aromatic rings. The molecular formula is C67H62Cl4N2O16S2. The third-order valence-electron chi connectivity index (χ3n) is 15.7. The summed E-state index contributed by atoms with van der Waals surface area (Å²) in [5, 5.41) is 12.0. The minimum atomic E-state index is -3.55. The largest absolute Gasteiger partial charge is 0.481 e. The molecule has 0 bridgehead atoms. The number of ketones is 2. The molecule has 1 unspecified atom stereocenters. The number of benzene rings is 6. The number of halogens is 4. The number of carboxylic acid groups (broad SMARTS) is 1. The molecule has 4 heterocycles. The number of hydrogen-bond acceptors (Lipinski definition) is 15. The Kier molecular flexibility index (Phi) is 20.4. The molecule has 2 aliphatic rings. The van der Waals surface area contributed by atoms with Gasteiger partial charge in [0.25, 0.3) is 11.8 Å². The zero-order valence-electron chi connectivity index (χ0n) is 50.1. The zero-order chi connectivity index (χ0) is 66.0. The van der Waals surface area contributed by atoms with Crippen molar-refractivity contribution >= 4 is 129 Å². The SMILES string of the molecule is CC(OC(=O)[C@@H](CC(=O)c1c(Cl)cc2c(c1Cl)CCN(C(=O)c1ccc3ccoc3c1)C2)Cc1cccc(S(C)(=O)=O)c1)OC(=O)C(C)(C)C.CS(=O)(=O)c1cccc(C[C@H](CC(=O)c2c(Cl)cc3c(c2Cl)CCN(C(=O)c2ccc4ccoc4c2)C3)C(=O)O)c1. The van der Waals surface area contributed by atoms with Crippen LogP contribution in [0.25, 0.3) is 21.9 Å². The Balaban J connectivity index is 0.000000219. The predicted octanol–water partition coefficient (Wildman–Crippen LogP) is 13.1. The van der Waals surface area contributed by atoms with Crippen molar-refractivity contribution in [2.75, 3.05) is 25.6 Å². The van der Waals surface area contributed by atoms with Gasteiger partial charge in [0, 0.05) is 80.4 Å². The van der Waals surface area contributed by atoms with E-state index in [1.165, 1.54) is 37.3 Å². The topological polar surface area (TPSA) is 259 Å². The number of carbonyl (C=O) groups is 7.